The number of nitrogens with zero attached hydrogens (tertiary/aromatic N) is 1. The average Bonchev–Trinajstić information content (AvgIpc) is 2.26. The van der Waals surface area contributed by atoms with Crippen LogP contribution in [0.4, 0.5) is 4.79 Å². The van der Waals surface area contributed by atoms with Gasteiger partial charge in [-0.05, 0) is 34.5 Å². The van der Waals surface area contributed by atoms with E-state index < -0.39 is 18.0 Å². The molecule has 6 nitrogen and oxygen atoms in total. The number of carbonyl (C=O) groups excluding carboxylic acids is 1. The van der Waals surface area contributed by atoms with Gasteiger partial charge in [0.05, 0.1) is 0 Å². The zero-order valence-electron chi connectivity index (χ0n) is 9.11. The lowest BCUT2D eigenvalue weighted by Gasteiger charge is -2.10. The first-order valence-electron chi connectivity index (χ1n) is 4.85. The fourth-order valence-corrected chi connectivity index (χ4v) is 1.46. The van der Waals surface area contributed by atoms with Crippen molar-refractivity contribution >= 4 is 27.9 Å². The monoisotopic (exact) mass is 301 g/mol. The Morgan fingerprint density at radius 3 is 2.82 bits per heavy atom. The van der Waals surface area contributed by atoms with Gasteiger partial charge in [0, 0.05) is 23.4 Å². The number of hydrogen-bond donors (Lipinski definition) is 3. The standard InChI is InChI=1S/C10H12BrN3O3/c1-6(9(15)16)14-10(17)13-4-7-2-8(11)5-12-3-7/h2-3,5-6H,4H2,1H3,(H,15,16)(H2,13,14,17). The fourth-order valence-electron chi connectivity index (χ4n) is 1.04. The van der Waals surface area contributed by atoms with Gasteiger partial charge in [-0.25, -0.2) is 4.79 Å². The van der Waals surface area contributed by atoms with Crippen LogP contribution < -0.4 is 10.6 Å². The first kappa shape index (κ1) is 13.4. The largest absolute Gasteiger partial charge is 0.480 e. The molecule has 0 aromatic carbocycles. The summed E-state index contributed by atoms with van der Waals surface area (Å²) in [6.45, 7) is 1.67. The molecule has 0 spiro atoms. The van der Waals surface area contributed by atoms with Gasteiger partial charge in [0.2, 0.25) is 0 Å². The molecule has 1 heterocycles. The summed E-state index contributed by atoms with van der Waals surface area (Å²) in [7, 11) is 0. The molecule has 0 radical (unpaired) electrons. The van der Waals surface area contributed by atoms with E-state index in [0.717, 1.165) is 10.0 Å². The molecule has 2 amide bonds. The molecular formula is C10H12BrN3O3. The normalized spacial score (nSPS) is 11.6. The molecule has 3 N–H and O–H groups in total. The summed E-state index contributed by atoms with van der Waals surface area (Å²) in [5.41, 5.74) is 0.817. The Morgan fingerprint density at radius 1 is 1.53 bits per heavy atom. The molecular weight excluding hydrogens is 290 g/mol. The molecule has 0 saturated heterocycles. The molecule has 0 aliphatic heterocycles. The first-order valence-corrected chi connectivity index (χ1v) is 5.65. The van der Waals surface area contributed by atoms with E-state index in [1.807, 2.05) is 6.07 Å². The third-order valence-corrected chi connectivity index (χ3v) is 2.37. The van der Waals surface area contributed by atoms with E-state index in [0.29, 0.717) is 0 Å². The number of carboxylic acids is 1. The molecule has 1 aromatic heterocycles. The second-order valence-electron chi connectivity index (χ2n) is 3.40. The number of carboxylic acid groups (broad SMARTS) is 1. The molecule has 1 unspecified atom stereocenters. The van der Waals surface area contributed by atoms with Crippen LogP contribution in [-0.4, -0.2) is 28.1 Å². The van der Waals surface area contributed by atoms with Crippen LogP contribution in [0.2, 0.25) is 0 Å². The molecule has 0 aliphatic rings. The van der Waals surface area contributed by atoms with Gasteiger partial charge in [0.25, 0.3) is 0 Å². The molecule has 1 rings (SSSR count). The van der Waals surface area contributed by atoms with Crippen molar-refractivity contribution in [3.8, 4) is 0 Å². The van der Waals surface area contributed by atoms with Gasteiger partial charge < -0.3 is 15.7 Å². The highest BCUT2D eigenvalue weighted by molar-refractivity contribution is 9.10. The summed E-state index contributed by atoms with van der Waals surface area (Å²) in [4.78, 5) is 25.7. The second-order valence-corrected chi connectivity index (χ2v) is 4.31. The van der Waals surface area contributed by atoms with E-state index in [1.54, 1.807) is 12.4 Å². The summed E-state index contributed by atoms with van der Waals surface area (Å²) in [5, 5.41) is 13.4. The van der Waals surface area contributed by atoms with Gasteiger partial charge in [-0.3, -0.25) is 9.78 Å². The summed E-state index contributed by atoms with van der Waals surface area (Å²) in [6, 6.07) is 0.365. The third kappa shape index (κ3) is 4.81. The number of hydrogen-bond acceptors (Lipinski definition) is 3. The number of halogens is 1. The van der Waals surface area contributed by atoms with Crippen molar-refractivity contribution in [1.29, 1.82) is 0 Å². The Labute approximate surface area is 107 Å². The van der Waals surface area contributed by atoms with Gasteiger partial charge in [0.15, 0.2) is 0 Å². The molecule has 0 bridgehead atoms. The third-order valence-electron chi connectivity index (χ3n) is 1.93. The van der Waals surface area contributed by atoms with Crippen molar-refractivity contribution in [2.75, 3.05) is 0 Å². The van der Waals surface area contributed by atoms with Crippen LogP contribution in [0.1, 0.15) is 12.5 Å². The summed E-state index contributed by atoms with van der Waals surface area (Å²) >= 11 is 3.26. The number of amides is 2. The summed E-state index contributed by atoms with van der Waals surface area (Å²) in [5.74, 6) is -1.08. The van der Waals surface area contributed by atoms with Crippen LogP contribution in [-0.2, 0) is 11.3 Å². The van der Waals surface area contributed by atoms with Crippen molar-refractivity contribution < 1.29 is 14.7 Å². The predicted octanol–water partition coefficient (Wildman–Crippen LogP) is 1.12. The highest BCUT2D eigenvalue weighted by Gasteiger charge is 2.13. The maximum atomic E-state index is 11.3. The number of aliphatic carboxylic acids is 1. The van der Waals surface area contributed by atoms with Crippen LogP contribution in [0.15, 0.2) is 22.9 Å². The number of carbonyl (C=O) groups is 2. The number of urea groups is 1. The summed E-state index contributed by atoms with van der Waals surface area (Å²) in [6.07, 6.45) is 3.25. The molecule has 92 valence electrons. The van der Waals surface area contributed by atoms with E-state index >= 15 is 0 Å². The van der Waals surface area contributed by atoms with E-state index in [-0.39, 0.29) is 6.54 Å². The van der Waals surface area contributed by atoms with Crippen molar-refractivity contribution in [2.45, 2.75) is 19.5 Å². The number of nitrogens with one attached hydrogen (secondary N) is 2. The average molecular weight is 302 g/mol. The van der Waals surface area contributed by atoms with E-state index in [4.69, 9.17) is 5.11 Å². The van der Waals surface area contributed by atoms with Crippen molar-refractivity contribution in [2.24, 2.45) is 0 Å². The van der Waals surface area contributed by atoms with Crippen LogP contribution in [0.3, 0.4) is 0 Å². The van der Waals surface area contributed by atoms with Crippen molar-refractivity contribution in [3.63, 3.8) is 0 Å². The van der Waals surface area contributed by atoms with E-state index in [9.17, 15) is 9.59 Å². The topological polar surface area (TPSA) is 91.3 Å². The zero-order valence-corrected chi connectivity index (χ0v) is 10.7. The predicted molar refractivity (Wildman–Crippen MR) is 64.4 cm³/mol. The van der Waals surface area contributed by atoms with Crippen LogP contribution in [0, 0.1) is 0 Å². The highest BCUT2D eigenvalue weighted by Crippen LogP contribution is 2.08. The molecule has 1 atom stereocenters. The minimum Gasteiger partial charge on any atom is -0.480 e. The lowest BCUT2D eigenvalue weighted by Crippen LogP contribution is -2.44. The Balaban J connectivity index is 2.41. The molecule has 0 saturated carbocycles. The number of rotatable bonds is 4. The van der Waals surface area contributed by atoms with Gasteiger partial charge in [-0.15, -0.1) is 0 Å². The Hall–Kier alpha value is -1.63. The summed E-state index contributed by atoms with van der Waals surface area (Å²) < 4.78 is 0.816. The highest BCUT2D eigenvalue weighted by atomic mass is 79.9. The minimum absolute atomic E-state index is 0.282. The molecule has 0 aliphatic carbocycles. The maximum absolute atomic E-state index is 11.3. The zero-order chi connectivity index (χ0) is 12.8. The minimum atomic E-state index is -1.08. The van der Waals surface area contributed by atoms with Gasteiger partial charge >= 0.3 is 12.0 Å². The van der Waals surface area contributed by atoms with E-state index in [1.165, 1.54) is 6.92 Å². The lowest BCUT2D eigenvalue weighted by atomic mass is 10.3. The Bertz CT molecular complexity index is 425. The van der Waals surface area contributed by atoms with Crippen molar-refractivity contribution in [1.82, 2.24) is 15.6 Å². The first-order chi connectivity index (χ1) is 7.99. The second kappa shape index (κ2) is 6.19. The maximum Gasteiger partial charge on any atom is 0.325 e. The molecule has 0 fully saturated rings. The van der Waals surface area contributed by atoms with E-state index in [2.05, 4.69) is 31.5 Å². The van der Waals surface area contributed by atoms with Gasteiger partial charge in [0.1, 0.15) is 6.04 Å². The van der Waals surface area contributed by atoms with Gasteiger partial charge in [-0.1, -0.05) is 0 Å². The molecule has 7 heteroatoms. The lowest BCUT2D eigenvalue weighted by molar-refractivity contribution is -0.138. The molecule has 17 heavy (non-hydrogen) atoms. The van der Waals surface area contributed by atoms with Crippen LogP contribution in [0.5, 0.6) is 0 Å². The Morgan fingerprint density at radius 2 is 2.24 bits per heavy atom. The molecule has 1 aromatic rings. The fraction of sp³-hybridized carbons (Fsp3) is 0.300. The quantitative estimate of drug-likeness (QED) is 0.777. The van der Waals surface area contributed by atoms with Crippen LogP contribution >= 0.6 is 15.9 Å². The SMILES string of the molecule is CC(NC(=O)NCc1cncc(Br)c1)C(=O)O. The smallest absolute Gasteiger partial charge is 0.325 e. The number of aromatic nitrogens is 1. The van der Waals surface area contributed by atoms with Crippen LogP contribution in [0.25, 0.3) is 0 Å². The number of pyridine rings is 1. The van der Waals surface area contributed by atoms with Gasteiger partial charge in [-0.2, -0.15) is 0 Å². The Kier molecular flexibility index (Phi) is 4.89. The van der Waals surface area contributed by atoms with Crippen molar-refractivity contribution in [3.05, 3.63) is 28.5 Å².